The molecule has 0 unspecified atom stereocenters. The molecule has 0 atom stereocenters. The molecule has 0 bridgehead atoms. The van der Waals surface area contributed by atoms with E-state index in [0.717, 1.165) is 34.4 Å². The molecule has 0 aliphatic rings. The smallest absolute Gasteiger partial charge is 0.131 e. The lowest BCUT2D eigenvalue weighted by Gasteiger charge is -2.12. The molecule has 0 amide bonds. The Hall–Kier alpha value is -2.55. The number of aromatic amines is 1. The highest BCUT2D eigenvalue weighted by molar-refractivity contribution is 5.91. The highest BCUT2D eigenvalue weighted by Crippen LogP contribution is 2.37. The fraction of sp³-hybridized carbons (Fsp3) is 0.167. The zero-order valence-corrected chi connectivity index (χ0v) is 12.1. The van der Waals surface area contributed by atoms with Crippen LogP contribution in [0.4, 0.5) is 0 Å². The Kier molecular flexibility index (Phi) is 3.48. The van der Waals surface area contributed by atoms with Gasteiger partial charge in [0.2, 0.25) is 0 Å². The molecule has 0 spiro atoms. The number of rotatable bonds is 4. The molecule has 0 saturated carbocycles. The average Bonchev–Trinajstić information content (AvgIpc) is 2.85. The Morgan fingerprint density at radius 1 is 1.14 bits per heavy atom. The van der Waals surface area contributed by atoms with Crippen LogP contribution >= 0.6 is 0 Å². The molecule has 0 aliphatic carbocycles. The third kappa shape index (κ3) is 2.21. The molecule has 3 heteroatoms. The van der Waals surface area contributed by atoms with Crippen LogP contribution < -0.4 is 4.74 Å². The van der Waals surface area contributed by atoms with Gasteiger partial charge in [0.1, 0.15) is 12.0 Å². The summed E-state index contributed by atoms with van der Waals surface area (Å²) in [5.41, 5.74) is 5.23. The highest BCUT2D eigenvalue weighted by Gasteiger charge is 2.15. The summed E-state index contributed by atoms with van der Waals surface area (Å²) in [6.45, 7) is 2.10. The number of benzene rings is 2. The molecule has 3 nitrogen and oxygen atoms in total. The third-order valence-electron chi connectivity index (χ3n) is 3.84. The van der Waals surface area contributed by atoms with Crippen LogP contribution in [0.3, 0.4) is 0 Å². The van der Waals surface area contributed by atoms with Crippen LogP contribution in [0.25, 0.3) is 22.2 Å². The van der Waals surface area contributed by atoms with Gasteiger partial charge in [0.15, 0.2) is 0 Å². The zero-order chi connectivity index (χ0) is 14.8. The summed E-state index contributed by atoms with van der Waals surface area (Å²) in [6.07, 6.45) is 1.26. The number of methoxy groups -OCH3 is 1. The van der Waals surface area contributed by atoms with E-state index in [1.807, 2.05) is 30.3 Å². The van der Waals surface area contributed by atoms with Crippen LogP contribution in [0.15, 0.2) is 42.5 Å². The summed E-state index contributed by atoms with van der Waals surface area (Å²) in [6, 6.07) is 14.1. The number of hydrogen-bond donors (Lipinski definition) is 1. The lowest BCUT2D eigenvalue weighted by atomic mass is 10.0. The summed E-state index contributed by atoms with van der Waals surface area (Å²) in [4.78, 5) is 14.3. The number of hydrogen-bond acceptors (Lipinski definition) is 2. The van der Waals surface area contributed by atoms with Crippen molar-refractivity contribution >= 4 is 17.2 Å². The standard InChI is InChI=1S/C18H17NO2/c1-12-14-7-3-4-9-16(14)19-17(12)15-8-5-6-13(10-11-20)18(15)21-2/h3-9,11,19H,10H2,1-2H3. The minimum Gasteiger partial charge on any atom is -0.496 e. The Morgan fingerprint density at radius 3 is 2.67 bits per heavy atom. The van der Waals surface area contributed by atoms with Crippen molar-refractivity contribution in [3.05, 3.63) is 53.6 Å². The zero-order valence-electron chi connectivity index (χ0n) is 12.1. The lowest BCUT2D eigenvalue weighted by Crippen LogP contribution is -1.96. The van der Waals surface area contributed by atoms with Crippen molar-refractivity contribution in [2.45, 2.75) is 13.3 Å². The first-order valence-electron chi connectivity index (χ1n) is 6.93. The van der Waals surface area contributed by atoms with E-state index in [1.165, 1.54) is 10.9 Å². The number of nitrogens with one attached hydrogen (secondary N) is 1. The van der Waals surface area contributed by atoms with Gasteiger partial charge in [-0.15, -0.1) is 0 Å². The van der Waals surface area contributed by atoms with Crippen molar-refractivity contribution in [2.24, 2.45) is 0 Å². The van der Waals surface area contributed by atoms with Gasteiger partial charge in [0.05, 0.1) is 12.8 Å². The Morgan fingerprint density at radius 2 is 1.95 bits per heavy atom. The van der Waals surface area contributed by atoms with Crippen molar-refractivity contribution in [3.8, 4) is 17.0 Å². The summed E-state index contributed by atoms with van der Waals surface area (Å²) in [5, 5.41) is 1.20. The van der Waals surface area contributed by atoms with Crippen LogP contribution in [0.1, 0.15) is 11.1 Å². The van der Waals surface area contributed by atoms with Gasteiger partial charge >= 0.3 is 0 Å². The number of aromatic nitrogens is 1. The predicted molar refractivity (Wildman–Crippen MR) is 84.8 cm³/mol. The third-order valence-corrected chi connectivity index (χ3v) is 3.84. The van der Waals surface area contributed by atoms with Crippen LogP contribution in [-0.4, -0.2) is 18.4 Å². The fourth-order valence-corrected chi connectivity index (χ4v) is 2.82. The number of H-pyrrole nitrogens is 1. The highest BCUT2D eigenvalue weighted by atomic mass is 16.5. The van der Waals surface area contributed by atoms with E-state index in [0.29, 0.717) is 6.42 Å². The van der Waals surface area contributed by atoms with E-state index in [1.54, 1.807) is 7.11 Å². The second kappa shape index (κ2) is 5.44. The monoisotopic (exact) mass is 279 g/mol. The van der Waals surface area contributed by atoms with Crippen LogP contribution in [0, 0.1) is 6.92 Å². The SMILES string of the molecule is COc1c(CC=O)cccc1-c1[nH]c2ccccc2c1C. The van der Waals surface area contributed by atoms with Gasteiger partial charge in [0.25, 0.3) is 0 Å². The van der Waals surface area contributed by atoms with Gasteiger partial charge in [-0.25, -0.2) is 0 Å². The largest absolute Gasteiger partial charge is 0.496 e. The van der Waals surface area contributed by atoms with Crippen molar-refractivity contribution < 1.29 is 9.53 Å². The maximum atomic E-state index is 10.8. The molecule has 0 saturated heterocycles. The summed E-state index contributed by atoms with van der Waals surface area (Å²) < 4.78 is 5.56. The average molecular weight is 279 g/mol. The van der Waals surface area contributed by atoms with Crippen LogP contribution in [0.5, 0.6) is 5.75 Å². The van der Waals surface area contributed by atoms with Gasteiger partial charge < -0.3 is 14.5 Å². The van der Waals surface area contributed by atoms with Gasteiger partial charge in [0, 0.05) is 28.5 Å². The van der Waals surface area contributed by atoms with Gasteiger partial charge in [-0.2, -0.15) is 0 Å². The quantitative estimate of drug-likeness (QED) is 0.736. The van der Waals surface area contributed by atoms with Gasteiger partial charge in [-0.05, 0) is 24.6 Å². The Labute approximate surface area is 123 Å². The Balaban J connectivity index is 2.25. The van der Waals surface area contributed by atoms with E-state index >= 15 is 0 Å². The molecule has 0 aliphatic heterocycles. The molecule has 3 rings (SSSR count). The van der Waals surface area contributed by atoms with E-state index in [4.69, 9.17) is 4.74 Å². The molecule has 0 radical (unpaired) electrons. The molecule has 3 aromatic rings. The van der Waals surface area contributed by atoms with Crippen LogP contribution in [-0.2, 0) is 11.2 Å². The van der Waals surface area contributed by atoms with Crippen molar-refractivity contribution in [1.82, 2.24) is 4.98 Å². The first-order valence-corrected chi connectivity index (χ1v) is 6.93. The normalized spacial score (nSPS) is 10.8. The van der Waals surface area contributed by atoms with Crippen molar-refractivity contribution in [2.75, 3.05) is 7.11 Å². The van der Waals surface area contributed by atoms with E-state index in [2.05, 4.69) is 24.0 Å². The van der Waals surface area contributed by atoms with Crippen molar-refractivity contribution in [3.63, 3.8) is 0 Å². The summed E-state index contributed by atoms with van der Waals surface area (Å²) in [5.74, 6) is 0.763. The van der Waals surface area contributed by atoms with Crippen LogP contribution in [0.2, 0.25) is 0 Å². The van der Waals surface area contributed by atoms with Gasteiger partial charge in [-0.1, -0.05) is 30.3 Å². The topological polar surface area (TPSA) is 42.1 Å². The number of ether oxygens (including phenoxy) is 1. The maximum absolute atomic E-state index is 10.8. The van der Waals surface area contributed by atoms with E-state index in [-0.39, 0.29) is 0 Å². The number of aryl methyl sites for hydroxylation is 1. The molecule has 0 fully saturated rings. The molecule has 1 N–H and O–H groups in total. The van der Waals surface area contributed by atoms with Gasteiger partial charge in [-0.3, -0.25) is 0 Å². The lowest BCUT2D eigenvalue weighted by molar-refractivity contribution is -0.107. The Bertz CT molecular complexity index is 802. The molecule has 2 aromatic carbocycles. The second-order valence-electron chi connectivity index (χ2n) is 5.04. The predicted octanol–water partition coefficient (Wildman–Crippen LogP) is 3.89. The number of fused-ring (bicyclic) bond motifs is 1. The molecule has 1 aromatic heterocycles. The van der Waals surface area contributed by atoms with E-state index < -0.39 is 0 Å². The number of carbonyl (C=O) groups excluding carboxylic acids is 1. The number of carbonyl (C=O) groups is 1. The molecular formula is C18H17NO2. The number of aldehydes is 1. The number of para-hydroxylation sites is 2. The second-order valence-corrected chi connectivity index (χ2v) is 5.04. The molecular weight excluding hydrogens is 262 g/mol. The molecule has 21 heavy (non-hydrogen) atoms. The first kappa shape index (κ1) is 13.4. The first-order chi connectivity index (χ1) is 10.3. The fourth-order valence-electron chi connectivity index (χ4n) is 2.82. The molecule has 106 valence electrons. The minimum atomic E-state index is 0.357. The molecule has 1 heterocycles. The summed E-state index contributed by atoms with van der Waals surface area (Å²) in [7, 11) is 1.64. The summed E-state index contributed by atoms with van der Waals surface area (Å²) >= 11 is 0. The maximum Gasteiger partial charge on any atom is 0.131 e. The minimum absolute atomic E-state index is 0.357. The van der Waals surface area contributed by atoms with E-state index in [9.17, 15) is 4.79 Å². The van der Waals surface area contributed by atoms with Crippen molar-refractivity contribution in [1.29, 1.82) is 0 Å².